The normalized spacial score (nSPS) is 24.5. The van der Waals surface area contributed by atoms with Gasteiger partial charge in [-0.2, -0.15) is 39.5 Å². The molecule has 0 aromatic heterocycles. The maximum absolute atomic E-state index is 12.6. The molecule has 1 rings (SSSR count). The first kappa shape index (κ1) is 17.6. The molecule has 0 aromatic rings. The molecule has 0 radical (unpaired) electrons. The smallest absolute Gasteiger partial charge is 0.166 e. The molecule has 0 saturated heterocycles. The van der Waals surface area contributed by atoms with Crippen LogP contribution in [0.2, 0.25) is 0 Å². The third-order valence-electron chi connectivity index (χ3n) is 3.08. The average molecular weight is 324 g/mol. The average Bonchev–Trinajstić information content (AvgIpc) is 2.23. The number of halogens is 9. The van der Waals surface area contributed by atoms with Crippen LogP contribution in [0.5, 0.6) is 0 Å². The van der Waals surface area contributed by atoms with E-state index in [4.69, 9.17) is 0 Å². The van der Waals surface area contributed by atoms with Crippen molar-refractivity contribution < 1.29 is 39.5 Å². The summed E-state index contributed by atoms with van der Waals surface area (Å²) in [6.45, 7) is 3.27. The number of alkyl halides is 9. The highest BCUT2D eigenvalue weighted by molar-refractivity contribution is 5.41. The van der Waals surface area contributed by atoms with Gasteiger partial charge in [-0.3, -0.25) is 0 Å². The van der Waals surface area contributed by atoms with Crippen molar-refractivity contribution in [1.29, 1.82) is 0 Å². The van der Waals surface area contributed by atoms with Crippen LogP contribution >= 0.6 is 0 Å². The van der Waals surface area contributed by atoms with Gasteiger partial charge in [0.25, 0.3) is 0 Å². The van der Waals surface area contributed by atoms with E-state index in [-0.39, 0.29) is 12.2 Å². The van der Waals surface area contributed by atoms with Crippen molar-refractivity contribution in [2.24, 2.45) is 5.41 Å². The van der Waals surface area contributed by atoms with Crippen LogP contribution in [0.3, 0.4) is 0 Å². The lowest BCUT2D eigenvalue weighted by Gasteiger charge is -2.35. The van der Waals surface area contributed by atoms with Crippen LogP contribution in [0, 0.1) is 5.41 Å². The standard InChI is InChI=1S/C12H9F9/c1-6(10(13,14)15)9(2)4-7(11(16,17)18)3-8(5-9)12(19,20)21/h3-4H,1,5H2,2H3. The van der Waals surface area contributed by atoms with Crippen LogP contribution in [-0.2, 0) is 0 Å². The summed E-state index contributed by atoms with van der Waals surface area (Å²) in [6.07, 6.45) is -16.7. The van der Waals surface area contributed by atoms with Crippen LogP contribution in [0.1, 0.15) is 13.3 Å². The molecular weight excluding hydrogens is 315 g/mol. The third kappa shape index (κ3) is 3.82. The molecule has 1 atom stereocenters. The molecule has 0 bridgehead atoms. The van der Waals surface area contributed by atoms with E-state index in [1.54, 1.807) is 0 Å². The zero-order valence-electron chi connectivity index (χ0n) is 10.5. The van der Waals surface area contributed by atoms with E-state index in [9.17, 15) is 39.5 Å². The van der Waals surface area contributed by atoms with E-state index < -0.39 is 47.1 Å². The molecule has 0 fully saturated rings. The van der Waals surface area contributed by atoms with E-state index in [0.29, 0.717) is 6.92 Å². The molecular formula is C12H9F9. The summed E-state index contributed by atoms with van der Waals surface area (Å²) in [6, 6.07) is 0. The van der Waals surface area contributed by atoms with Gasteiger partial charge in [-0.15, -0.1) is 0 Å². The highest BCUT2D eigenvalue weighted by Crippen LogP contribution is 2.51. The van der Waals surface area contributed by atoms with Crippen LogP contribution < -0.4 is 0 Å². The summed E-state index contributed by atoms with van der Waals surface area (Å²) < 4.78 is 114. The molecule has 0 spiro atoms. The molecule has 1 aliphatic carbocycles. The number of rotatable bonds is 1. The minimum atomic E-state index is -5.19. The lowest BCUT2D eigenvalue weighted by Crippen LogP contribution is -2.33. The number of allylic oxidation sites excluding steroid dienone is 5. The van der Waals surface area contributed by atoms with E-state index in [1.807, 2.05) is 0 Å². The lowest BCUT2D eigenvalue weighted by molar-refractivity contribution is -0.114. The summed E-state index contributed by atoms with van der Waals surface area (Å²) in [5.74, 6) is 0. The second-order valence-electron chi connectivity index (χ2n) is 4.84. The Balaban J connectivity index is 3.42. The van der Waals surface area contributed by atoms with Gasteiger partial charge >= 0.3 is 18.5 Å². The topological polar surface area (TPSA) is 0 Å². The van der Waals surface area contributed by atoms with Crippen LogP contribution in [0.4, 0.5) is 39.5 Å². The molecule has 1 unspecified atom stereocenters. The largest absolute Gasteiger partial charge is 0.416 e. The molecule has 0 saturated carbocycles. The molecule has 0 N–H and O–H groups in total. The Labute approximate surface area is 113 Å². The van der Waals surface area contributed by atoms with Gasteiger partial charge in [0.15, 0.2) is 0 Å². The molecule has 21 heavy (non-hydrogen) atoms. The molecule has 0 amide bonds. The molecule has 0 aromatic carbocycles. The van der Waals surface area contributed by atoms with Crippen LogP contribution in [-0.4, -0.2) is 18.5 Å². The Hall–Kier alpha value is -1.41. The van der Waals surface area contributed by atoms with Gasteiger partial charge in [-0.1, -0.05) is 19.6 Å². The van der Waals surface area contributed by atoms with Gasteiger partial charge < -0.3 is 0 Å². The fourth-order valence-electron chi connectivity index (χ4n) is 1.93. The van der Waals surface area contributed by atoms with E-state index in [1.165, 1.54) is 0 Å². The van der Waals surface area contributed by atoms with Crippen LogP contribution in [0.15, 0.2) is 35.5 Å². The molecule has 0 heterocycles. The summed E-state index contributed by atoms with van der Waals surface area (Å²) >= 11 is 0. The Morgan fingerprint density at radius 3 is 1.81 bits per heavy atom. The first-order valence-electron chi connectivity index (χ1n) is 5.42. The lowest BCUT2D eigenvalue weighted by atomic mass is 9.72. The van der Waals surface area contributed by atoms with E-state index >= 15 is 0 Å². The van der Waals surface area contributed by atoms with Crippen molar-refractivity contribution in [2.75, 3.05) is 0 Å². The SMILES string of the molecule is C=C(C(F)(F)F)C1(C)C=C(C(F)(F)F)C=C(C(F)(F)F)C1. The van der Waals surface area contributed by atoms with Gasteiger partial charge in [-0.05, 0) is 12.5 Å². The predicted octanol–water partition coefficient (Wildman–Crippen LogP) is 5.49. The maximum atomic E-state index is 12.6. The van der Waals surface area contributed by atoms with Gasteiger partial charge in [0.1, 0.15) is 0 Å². The summed E-state index contributed by atoms with van der Waals surface area (Å²) in [5, 5.41) is 0. The van der Waals surface area contributed by atoms with Crippen molar-refractivity contribution >= 4 is 0 Å². The highest BCUT2D eigenvalue weighted by Gasteiger charge is 2.50. The molecule has 1 aliphatic rings. The van der Waals surface area contributed by atoms with Crippen molar-refractivity contribution in [2.45, 2.75) is 31.9 Å². The van der Waals surface area contributed by atoms with E-state index in [0.717, 1.165) is 0 Å². The first-order valence-corrected chi connectivity index (χ1v) is 5.42. The molecule has 120 valence electrons. The Morgan fingerprint density at radius 1 is 1.00 bits per heavy atom. The highest BCUT2D eigenvalue weighted by atomic mass is 19.4. The quantitative estimate of drug-likeness (QED) is 0.442. The van der Waals surface area contributed by atoms with Crippen molar-refractivity contribution in [1.82, 2.24) is 0 Å². The fourth-order valence-corrected chi connectivity index (χ4v) is 1.93. The second kappa shape index (κ2) is 4.81. The summed E-state index contributed by atoms with van der Waals surface area (Å²) in [4.78, 5) is 0. The first-order chi connectivity index (χ1) is 9.07. The van der Waals surface area contributed by atoms with Gasteiger partial charge in [0, 0.05) is 16.6 Å². The van der Waals surface area contributed by atoms with Gasteiger partial charge in [0.05, 0.1) is 5.57 Å². The predicted molar refractivity (Wildman–Crippen MR) is 56.2 cm³/mol. The Morgan fingerprint density at radius 2 is 1.48 bits per heavy atom. The van der Waals surface area contributed by atoms with Crippen molar-refractivity contribution in [3.8, 4) is 0 Å². The number of hydrogen-bond acceptors (Lipinski definition) is 0. The van der Waals surface area contributed by atoms with Crippen molar-refractivity contribution in [3.63, 3.8) is 0 Å². The fraction of sp³-hybridized carbons (Fsp3) is 0.500. The second-order valence-corrected chi connectivity index (χ2v) is 4.84. The van der Waals surface area contributed by atoms with Crippen molar-refractivity contribution in [3.05, 3.63) is 35.5 Å². The molecule has 0 nitrogen and oxygen atoms in total. The van der Waals surface area contributed by atoms with Crippen LogP contribution in [0.25, 0.3) is 0 Å². The zero-order chi connectivity index (χ0) is 16.9. The summed E-state index contributed by atoms with van der Waals surface area (Å²) in [5.41, 5.74) is -7.62. The minimum Gasteiger partial charge on any atom is -0.166 e. The van der Waals surface area contributed by atoms with Gasteiger partial charge in [-0.25, -0.2) is 0 Å². The summed E-state index contributed by atoms with van der Waals surface area (Å²) in [7, 11) is 0. The molecule has 9 heteroatoms. The molecule has 0 aliphatic heterocycles. The third-order valence-corrected chi connectivity index (χ3v) is 3.08. The Kier molecular flexibility index (Phi) is 4.04. The zero-order valence-corrected chi connectivity index (χ0v) is 10.5. The minimum absolute atomic E-state index is 0.137. The van der Waals surface area contributed by atoms with Gasteiger partial charge in [0.2, 0.25) is 0 Å². The van der Waals surface area contributed by atoms with E-state index in [2.05, 4.69) is 6.58 Å². The number of hydrogen-bond donors (Lipinski definition) is 0. The monoisotopic (exact) mass is 324 g/mol. The maximum Gasteiger partial charge on any atom is 0.416 e. The Bertz CT molecular complexity index is 498.